The van der Waals surface area contributed by atoms with Gasteiger partial charge in [0, 0.05) is 63.9 Å². The highest BCUT2D eigenvalue weighted by Crippen LogP contribution is 2.19. The predicted octanol–water partition coefficient (Wildman–Crippen LogP) is 2.34. The first kappa shape index (κ1) is 21.9. The number of benzene rings is 1. The highest BCUT2D eigenvalue weighted by molar-refractivity contribution is 5.93. The van der Waals surface area contributed by atoms with E-state index in [9.17, 15) is 4.79 Å². The molecule has 0 bridgehead atoms. The van der Waals surface area contributed by atoms with Gasteiger partial charge < -0.3 is 20.7 Å². The van der Waals surface area contributed by atoms with Crippen LogP contribution in [0.3, 0.4) is 0 Å². The number of carbonyl (C=O) groups excluding carboxylic acids is 1. The van der Waals surface area contributed by atoms with Crippen molar-refractivity contribution in [2.45, 2.75) is 19.5 Å². The van der Waals surface area contributed by atoms with Crippen LogP contribution in [-0.4, -0.2) is 42.1 Å². The van der Waals surface area contributed by atoms with Crippen LogP contribution in [0.1, 0.15) is 27.0 Å². The highest BCUT2D eigenvalue weighted by atomic mass is 16.5. The van der Waals surface area contributed by atoms with Gasteiger partial charge in [0.15, 0.2) is 0 Å². The fourth-order valence-corrected chi connectivity index (χ4v) is 3.55. The van der Waals surface area contributed by atoms with Gasteiger partial charge in [-0.2, -0.15) is 0 Å². The van der Waals surface area contributed by atoms with E-state index in [0.29, 0.717) is 24.6 Å². The van der Waals surface area contributed by atoms with Crippen LogP contribution in [0, 0.1) is 5.92 Å². The SMILES string of the molecule is O=C(NCc1cc(CNCC2CNC2)cc(OCCc2ccncc2)c1)c1cccnc1. The number of nitrogens with zero attached hydrogens (tertiary/aromatic N) is 2. The summed E-state index contributed by atoms with van der Waals surface area (Å²) < 4.78 is 6.06. The molecule has 1 aliphatic heterocycles. The molecule has 3 N–H and O–H groups in total. The van der Waals surface area contributed by atoms with Crippen molar-refractivity contribution in [2.24, 2.45) is 5.92 Å². The lowest BCUT2D eigenvalue weighted by Crippen LogP contribution is -2.47. The third-order valence-electron chi connectivity index (χ3n) is 5.44. The van der Waals surface area contributed by atoms with Gasteiger partial charge in [-0.3, -0.25) is 14.8 Å². The van der Waals surface area contributed by atoms with Crippen LogP contribution in [0.4, 0.5) is 0 Å². The van der Waals surface area contributed by atoms with Crippen LogP contribution in [-0.2, 0) is 19.5 Å². The Morgan fingerprint density at radius 2 is 1.81 bits per heavy atom. The molecule has 7 nitrogen and oxygen atoms in total. The molecule has 1 aliphatic rings. The lowest BCUT2D eigenvalue weighted by molar-refractivity contribution is 0.0950. The maximum atomic E-state index is 12.4. The second-order valence-corrected chi connectivity index (χ2v) is 8.02. The maximum Gasteiger partial charge on any atom is 0.253 e. The first-order chi connectivity index (χ1) is 15.8. The molecule has 3 heterocycles. The Bertz CT molecular complexity index is 994. The van der Waals surface area contributed by atoms with E-state index in [1.807, 2.05) is 18.2 Å². The summed E-state index contributed by atoms with van der Waals surface area (Å²) >= 11 is 0. The zero-order valence-electron chi connectivity index (χ0n) is 18.1. The number of amides is 1. The van der Waals surface area contributed by atoms with Gasteiger partial charge >= 0.3 is 0 Å². The molecule has 3 aromatic rings. The van der Waals surface area contributed by atoms with E-state index in [0.717, 1.165) is 49.5 Å². The highest BCUT2D eigenvalue weighted by Gasteiger charge is 2.15. The van der Waals surface area contributed by atoms with Crippen LogP contribution in [0.2, 0.25) is 0 Å². The van der Waals surface area contributed by atoms with Crippen molar-refractivity contribution < 1.29 is 9.53 Å². The lowest BCUT2D eigenvalue weighted by atomic mass is 10.0. The number of pyridine rings is 2. The second-order valence-electron chi connectivity index (χ2n) is 8.02. The number of ether oxygens (including phenoxy) is 1. The minimum atomic E-state index is -0.140. The molecular formula is C25H29N5O2. The number of hydrogen-bond donors (Lipinski definition) is 3. The van der Waals surface area contributed by atoms with E-state index in [1.54, 1.807) is 36.9 Å². The average Bonchev–Trinajstić information content (AvgIpc) is 2.80. The van der Waals surface area contributed by atoms with Gasteiger partial charge in [0.1, 0.15) is 5.75 Å². The van der Waals surface area contributed by atoms with Gasteiger partial charge in [0.25, 0.3) is 5.91 Å². The molecule has 2 aromatic heterocycles. The van der Waals surface area contributed by atoms with Gasteiger partial charge in [0.05, 0.1) is 12.2 Å². The van der Waals surface area contributed by atoms with Crippen molar-refractivity contribution in [2.75, 3.05) is 26.2 Å². The molecule has 0 unspecified atom stereocenters. The van der Waals surface area contributed by atoms with E-state index >= 15 is 0 Å². The molecule has 7 heteroatoms. The van der Waals surface area contributed by atoms with Gasteiger partial charge in [-0.05, 0) is 59.0 Å². The molecule has 166 valence electrons. The normalized spacial score (nSPS) is 13.4. The molecule has 32 heavy (non-hydrogen) atoms. The van der Waals surface area contributed by atoms with Crippen molar-refractivity contribution in [3.8, 4) is 5.75 Å². The summed E-state index contributed by atoms with van der Waals surface area (Å²) in [6, 6.07) is 13.7. The zero-order valence-corrected chi connectivity index (χ0v) is 18.1. The molecule has 0 atom stereocenters. The molecule has 1 amide bonds. The predicted molar refractivity (Wildman–Crippen MR) is 123 cm³/mol. The van der Waals surface area contributed by atoms with Crippen LogP contribution < -0.4 is 20.7 Å². The summed E-state index contributed by atoms with van der Waals surface area (Å²) in [6.45, 7) is 4.92. The van der Waals surface area contributed by atoms with E-state index in [1.165, 1.54) is 5.56 Å². The minimum absolute atomic E-state index is 0.140. The topological polar surface area (TPSA) is 88.2 Å². The van der Waals surface area contributed by atoms with Gasteiger partial charge in [-0.25, -0.2) is 0 Å². The third kappa shape index (κ3) is 6.60. The van der Waals surface area contributed by atoms with Crippen LogP contribution in [0.5, 0.6) is 5.75 Å². The summed E-state index contributed by atoms with van der Waals surface area (Å²) in [5, 5.41) is 9.80. The summed E-state index contributed by atoms with van der Waals surface area (Å²) in [7, 11) is 0. The maximum absolute atomic E-state index is 12.4. The smallest absolute Gasteiger partial charge is 0.253 e. The Labute approximate surface area is 188 Å². The second kappa shape index (κ2) is 11.4. The Kier molecular flexibility index (Phi) is 7.79. The number of rotatable bonds is 11. The summed E-state index contributed by atoms with van der Waals surface area (Å²) in [4.78, 5) is 20.5. The van der Waals surface area contributed by atoms with E-state index in [-0.39, 0.29) is 5.91 Å². The van der Waals surface area contributed by atoms with Crippen molar-refractivity contribution in [1.82, 2.24) is 25.9 Å². The fourth-order valence-electron chi connectivity index (χ4n) is 3.55. The lowest BCUT2D eigenvalue weighted by Gasteiger charge is -2.27. The zero-order chi connectivity index (χ0) is 22.0. The van der Waals surface area contributed by atoms with Gasteiger partial charge in [-0.15, -0.1) is 0 Å². The number of nitrogens with one attached hydrogen (secondary N) is 3. The van der Waals surface area contributed by atoms with Crippen molar-refractivity contribution in [1.29, 1.82) is 0 Å². The molecule has 0 saturated carbocycles. The van der Waals surface area contributed by atoms with Gasteiger partial charge in [-0.1, -0.05) is 6.07 Å². The molecule has 1 saturated heterocycles. The summed E-state index contributed by atoms with van der Waals surface area (Å²) in [5.41, 5.74) is 3.89. The van der Waals surface area contributed by atoms with Crippen LogP contribution >= 0.6 is 0 Å². The molecule has 0 spiro atoms. The van der Waals surface area contributed by atoms with E-state index in [2.05, 4.69) is 38.1 Å². The largest absolute Gasteiger partial charge is 0.493 e. The van der Waals surface area contributed by atoms with Crippen molar-refractivity contribution in [3.63, 3.8) is 0 Å². The monoisotopic (exact) mass is 431 g/mol. The molecule has 0 aliphatic carbocycles. The van der Waals surface area contributed by atoms with Crippen LogP contribution in [0.25, 0.3) is 0 Å². The number of hydrogen-bond acceptors (Lipinski definition) is 6. The first-order valence-corrected chi connectivity index (χ1v) is 11.0. The molecule has 4 rings (SSSR count). The quantitative estimate of drug-likeness (QED) is 0.432. The van der Waals surface area contributed by atoms with E-state index in [4.69, 9.17) is 4.74 Å². The van der Waals surface area contributed by atoms with Crippen LogP contribution in [0.15, 0.2) is 67.3 Å². The van der Waals surface area contributed by atoms with E-state index < -0.39 is 0 Å². The van der Waals surface area contributed by atoms with Crippen molar-refractivity contribution >= 4 is 5.91 Å². The summed E-state index contributed by atoms with van der Waals surface area (Å²) in [6.07, 6.45) is 7.62. The number of aromatic nitrogens is 2. The number of carbonyl (C=O) groups is 1. The fraction of sp³-hybridized carbons (Fsp3) is 0.320. The molecule has 1 fully saturated rings. The Morgan fingerprint density at radius 1 is 1.00 bits per heavy atom. The first-order valence-electron chi connectivity index (χ1n) is 11.0. The molecule has 0 radical (unpaired) electrons. The minimum Gasteiger partial charge on any atom is -0.493 e. The third-order valence-corrected chi connectivity index (χ3v) is 5.44. The van der Waals surface area contributed by atoms with Gasteiger partial charge in [0.2, 0.25) is 0 Å². The Hall–Kier alpha value is -3.29. The Morgan fingerprint density at radius 3 is 2.53 bits per heavy atom. The molecular weight excluding hydrogens is 402 g/mol. The summed E-state index contributed by atoms with van der Waals surface area (Å²) in [5.74, 6) is 1.38. The standard InChI is InChI=1S/C25H29N5O2/c31-25(23-2-1-6-27-18-23)30-17-21-10-20(13-28-14-22-15-29-16-22)11-24(12-21)32-9-5-19-3-7-26-8-4-19/h1-4,6-8,10-12,18,22,28-29H,5,9,13-17H2,(H,30,31). The average molecular weight is 432 g/mol. The molecule has 1 aromatic carbocycles. The Balaban J connectivity index is 1.37. The van der Waals surface area contributed by atoms with Crippen molar-refractivity contribution in [3.05, 3.63) is 89.5 Å².